The number of nitrogens with zero attached hydrogens (tertiary/aromatic N) is 2. The molecular formula is C11H7F4N3O. The molecule has 0 fully saturated rings. The van der Waals surface area contributed by atoms with Gasteiger partial charge in [0.15, 0.2) is 5.75 Å². The zero-order chi connectivity index (χ0) is 13.9. The minimum Gasteiger partial charge on any atom is -0.404 e. The summed E-state index contributed by atoms with van der Waals surface area (Å²) < 4.78 is 53.2. The van der Waals surface area contributed by atoms with E-state index in [4.69, 9.17) is 0 Å². The molecule has 0 aliphatic rings. The summed E-state index contributed by atoms with van der Waals surface area (Å²) in [4.78, 5) is 6.91. The van der Waals surface area contributed by atoms with Gasteiger partial charge in [0.1, 0.15) is 12.1 Å². The first-order valence-electron chi connectivity index (χ1n) is 5.03. The van der Waals surface area contributed by atoms with Gasteiger partial charge in [-0.05, 0) is 12.1 Å². The first-order chi connectivity index (χ1) is 8.94. The van der Waals surface area contributed by atoms with Gasteiger partial charge in [0.05, 0.1) is 5.69 Å². The second-order valence-corrected chi connectivity index (χ2v) is 3.39. The van der Waals surface area contributed by atoms with Gasteiger partial charge < -0.3 is 10.1 Å². The lowest BCUT2D eigenvalue weighted by Gasteiger charge is -2.13. The van der Waals surface area contributed by atoms with Gasteiger partial charge >= 0.3 is 6.36 Å². The molecule has 100 valence electrons. The molecule has 0 aliphatic heterocycles. The summed E-state index contributed by atoms with van der Waals surface area (Å²) in [6, 6.07) is 6.31. The molecule has 8 heteroatoms. The van der Waals surface area contributed by atoms with E-state index in [1.807, 2.05) is 0 Å². The fourth-order valence-corrected chi connectivity index (χ4v) is 1.32. The van der Waals surface area contributed by atoms with E-state index in [9.17, 15) is 17.6 Å². The highest BCUT2D eigenvalue weighted by Crippen LogP contribution is 2.31. The van der Waals surface area contributed by atoms with Crippen LogP contribution in [0.2, 0.25) is 0 Å². The highest BCUT2D eigenvalue weighted by Gasteiger charge is 2.32. The Hall–Kier alpha value is -2.38. The molecule has 2 rings (SSSR count). The second kappa shape index (κ2) is 5.09. The quantitative estimate of drug-likeness (QED) is 0.688. The predicted octanol–water partition coefficient (Wildman–Crippen LogP) is 3.26. The summed E-state index contributed by atoms with van der Waals surface area (Å²) in [6.07, 6.45) is -3.86. The monoisotopic (exact) mass is 273 g/mol. The molecule has 0 saturated carbocycles. The molecule has 1 aromatic heterocycles. The number of hydrogen-bond acceptors (Lipinski definition) is 4. The summed E-state index contributed by atoms with van der Waals surface area (Å²) >= 11 is 0. The van der Waals surface area contributed by atoms with E-state index in [0.717, 1.165) is 18.5 Å². The molecule has 0 bridgehead atoms. The summed E-state index contributed by atoms with van der Waals surface area (Å²) in [6.45, 7) is 0. The molecule has 19 heavy (non-hydrogen) atoms. The Kier molecular flexibility index (Phi) is 3.50. The molecular weight excluding hydrogens is 266 g/mol. The van der Waals surface area contributed by atoms with E-state index in [0.29, 0.717) is 0 Å². The Labute approximate surface area is 105 Å². The minimum atomic E-state index is -4.81. The number of ether oxygens (including phenoxy) is 1. The third-order valence-corrected chi connectivity index (χ3v) is 2.01. The van der Waals surface area contributed by atoms with Gasteiger partial charge in [0.25, 0.3) is 0 Å². The first kappa shape index (κ1) is 13.1. The lowest BCUT2D eigenvalue weighted by molar-refractivity contribution is -0.274. The predicted molar refractivity (Wildman–Crippen MR) is 58.4 cm³/mol. The van der Waals surface area contributed by atoms with Crippen molar-refractivity contribution in [3.8, 4) is 5.75 Å². The zero-order valence-corrected chi connectivity index (χ0v) is 9.28. The maximum atomic E-state index is 12.8. The molecule has 1 heterocycles. The van der Waals surface area contributed by atoms with Crippen molar-refractivity contribution in [1.82, 2.24) is 9.97 Å². The van der Waals surface area contributed by atoms with Crippen LogP contribution in [-0.2, 0) is 0 Å². The molecule has 1 N–H and O–H groups in total. The van der Waals surface area contributed by atoms with E-state index in [-0.39, 0.29) is 11.5 Å². The normalized spacial score (nSPS) is 11.2. The van der Waals surface area contributed by atoms with E-state index in [1.54, 1.807) is 0 Å². The zero-order valence-electron chi connectivity index (χ0n) is 9.28. The van der Waals surface area contributed by atoms with Gasteiger partial charge in [-0.3, -0.25) is 0 Å². The average Bonchev–Trinajstić information content (AvgIpc) is 2.30. The molecule has 0 spiro atoms. The Morgan fingerprint density at radius 3 is 2.53 bits per heavy atom. The number of aromatic nitrogens is 2. The van der Waals surface area contributed by atoms with Crippen LogP contribution in [0.25, 0.3) is 0 Å². The summed E-state index contributed by atoms with van der Waals surface area (Å²) in [5.41, 5.74) is 0.0120. The molecule has 2 aromatic rings. The molecule has 0 aliphatic carbocycles. The van der Waals surface area contributed by atoms with Gasteiger partial charge in [-0.2, -0.15) is 4.39 Å². The SMILES string of the molecule is Fc1cc(Nc2ccccc2OC(F)(F)F)ncn1. The Bertz CT molecular complexity index is 574. The van der Waals surface area contributed by atoms with Crippen LogP contribution in [0.3, 0.4) is 0 Å². The highest BCUT2D eigenvalue weighted by molar-refractivity contribution is 5.63. The van der Waals surface area contributed by atoms with Crippen molar-refractivity contribution >= 4 is 11.5 Å². The third kappa shape index (κ3) is 3.80. The van der Waals surface area contributed by atoms with Crippen LogP contribution >= 0.6 is 0 Å². The highest BCUT2D eigenvalue weighted by atomic mass is 19.4. The molecule has 0 saturated heterocycles. The number of hydrogen-bond donors (Lipinski definition) is 1. The molecule has 0 radical (unpaired) electrons. The van der Waals surface area contributed by atoms with Crippen molar-refractivity contribution < 1.29 is 22.3 Å². The van der Waals surface area contributed by atoms with Gasteiger partial charge in [0, 0.05) is 6.07 Å². The lowest BCUT2D eigenvalue weighted by atomic mass is 10.3. The number of para-hydroxylation sites is 2. The second-order valence-electron chi connectivity index (χ2n) is 3.39. The summed E-state index contributed by atoms with van der Waals surface area (Å²) in [5.74, 6) is -1.22. The van der Waals surface area contributed by atoms with Crippen molar-refractivity contribution in [2.45, 2.75) is 6.36 Å². The summed E-state index contributed by atoms with van der Waals surface area (Å²) in [7, 11) is 0. The van der Waals surface area contributed by atoms with Crippen LogP contribution in [0.1, 0.15) is 0 Å². The number of halogens is 4. The van der Waals surface area contributed by atoms with Gasteiger partial charge in [-0.25, -0.2) is 9.97 Å². The maximum Gasteiger partial charge on any atom is 0.573 e. The number of anilines is 2. The van der Waals surface area contributed by atoms with E-state index >= 15 is 0 Å². The Morgan fingerprint density at radius 2 is 1.84 bits per heavy atom. The Morgan fingerprint density at radius 1 is 1.11 bits per heavy atom. The fraction of sp³-hybridized carbons (Fsp3) is 0.0909. The lowest BCUT2D eigenvalue weighted by Crippen LogP contribution is -2.17. The number of benzene rings is 1. The molecule has 0 amide bonds. The molecule has 0 unspecified atom stereocenters. The van der Waals surface area contributed by atoms with Crippen LogP contribution in [0.4, 0.5) is 29.1 Å². The van der Waals surface area contributed by atoms with Gasteiger partial charge in [-0.15, -0.1) is 13.2 Å². The third-order valence-electron chi connectivity index (χ3n) is 2.01. The minimum absolute atomic E-state index is 0.0120. The molecule has 0 atom stereocenters. The number of rotatable bonds is 3. The Balaban J connectivity index is 2.25. The summed E-state index contributed by atoms with van der Waals surface area (Å²) in [5, 5.41) is 2.52. The van der Waals surface area contributed by atoms with E-state index < -0.39 is 18.1 Å². The fourth-order valence-electron chi connectivity index (χ4n) is 1.32. The average molecular weight is 273 g/mol. The van der Waals surface area contributed by atoms with E-state index in [1.165, 1.54) is 18.2 Å². The van der Waals surface area contributed by atoms with Crippen LogP contribution in [0.5, 0.6) is 5.75 Å². The topological polar surface area (TPSA) is 47.0 Å². The van der Waals surface area contributed by atoms with Crippen LogP contribution in [-0.4, -0.2) is 16.3 Å². The molecule has 4 nitrogen and oxygen atoms in total. The molecule has 1 aromatic carbocycles. The van der Waals surface area contributed by atoms with Crippen molar-refractivity contribution in [3.63, 3.8) is 0 Å². The van der Waals surface area contributed by atoms with Crippen molar-refractivity contribution in [2.24, 2.45) is 0 Å². The smallest absolute Gasteiger partial charge is 0.404 e. The first-order valence-corrected chi connectivity index (χ1v) is 5.03. The van der Waals surface area contributed by atoms with E-state index in [2.05, 4.69) is 20.0 Å². The number of nitrogens with one attached hydrogen (secondary N) is 1. The van der Waals surface area contributed by atoms with Crippen molar-refractivity contribution in [3.05, 3.63) is 42.6 Å². The standard InChI is InChI=1S/C11H7F4N3O/c12-9-5-10(17-6-16-9)18-7-3-1-2-4-8(7)19-11(13,14)15/h1-6H,(H,16,17,18). The van der Waals surface area contributed by atoms with Crippen molar-refractivity contribution in [1.29, 1.82) is 0 Å². The van der Waals surface area contributed by atoms with Crippen molar-refractivity contribution in [2.75, 3.05) is 5.32 Å². The maximum absolute atomic E-state index is 12.8. The largest absolute Gasteiger partial charge is 0.573 e. The van der Waals surface area contributed by atoms with Gasteiger partial charge in [0.2, 0.25) is 5.95 Å². The number of alkyl halides is 3. The van der Waals surface area contributed by atoms with Gasteiger partial charge in [-0.1, -0.05) is 12.1 Å². The van der Waals surface area contributed by atoms with Crippen LogP contribution < -0.4 is 10.1 Å². The van der Waals surface area contributed by atoms with Crippen LogP contribution in [0, 0.1) is 5.95 Å². The van der Waals surface area contributed by atoms with Crippen LogP contribution in [0.15, 0.2) is 36.7 Å².